The third-order valence-electron chi connectivity index (χ3n) is 4.97. The molecule has 2 unspecified atom stereocenters. The van der Waals surface area contributed by atoms with Crippen molar-refractivity contribution in [1.29, 1.82) is 0 Å². The number of carbonyl (C=O) groups excluding carboxylic acids is 1. The first kappa shape index (κ1) is 16.2. The van der Waals surface area contributed by atoms with Crippen LogP contribution in [0.2, 0.25) is 0 Å². The molecule has 124 valence electrons. The van der Waals surface area contributed by atoms with Gasteiger partial charge in [0, 0.05) is 6.54 Å². The highest BCUT2D eigenvalue weighted by Crippen LogP contribution is 2.32. The summed E-state index contributed by atoms with van der Waals surface area (Å²) in [6.07, 6.45) is 6.17. The van der Waals surface area contributed by atoms with Gasteiger partial charge in [-0.2, -0.15) is 0 Å². The van der Waals surface area contributed by atoms with Crippen molar-refractivity contribution in [3.8, 4) is 0 Å². The van der Waals surface area contributed by atoms with Crippen LogP contribution in [0, 0.1) is 5.92 Å². The maximum Gasteiger partial charge on any atom is 0.347 e. The van der Waals surface area contributed by atoms with E-state index in [-0.39, 0.29) is 6.10 Å². The number of fused-ring (bicyclic) bond motifs is 3. The van der Waals surface area contributed by atoms with E-state index in [1.54, 1.807) is 18.2 Å². The molecule has 4 rings (SSSR count). The molecule has 1 aromatic carbocycles. The van der Waals surface area contributed by atoms with Gasteiger partial charge in [-0.15, -0.1) is 0 Å². The zero-order valence-corrected chi connectivity index (χ0v) is 13.6. The SMILES string of the molecule is CC/C=C/C(O)(C(=O)OC1CN2CCC1CC2)c1ccccc1. The molecule has 3 fully saturated rings. The van der Waals surface area contributed by atoms with Crippen molar-refractivity contribution in [3.05, 3.63) is 48.0 Å². The van der Waals surface area contributed by atoms with E-state index in [1.807, 2.05) is 31.2 Å². The fraction of sp³-hybridized carbons (Fsp3) is 0.526. The minimum atomic E-state index is -1.71. The van der Waals surface area contributed by atoms with Crippen LogP contribution < -0.4 is 0 Å². The molecule has 1 N–H and O–H groups in total. The van der Waals surface area contributed by atoms with Gasteiger partial charge in [0.2, 0.25) is 5.60 Å². The highest BCUT2D eigenvalue weighted by molar-refractivity contribution is 5.83. The average molecular weight is 315 g/mol. The van der Waals surface area contributed by atoms with Gasteiger partial charge in [-0.1, -0.05) is 43.3 Å². The van der Waals surface area contributed by atoms with Crippen LogP contribution in [-0.2, 0) is 15.1 Å². The Balaban J connectivity index is 1.79. The summed E-state index contributed by atoms with van der Waals surface area (Å²) in [5.74, 6) is -0.133. The summed E-state index contributed by atoms with van der Waals surface area (Å²) in [6, 6.07) is 9.03. The van der Waals surface area contributed by atoms with E-state index in [4.69, 9.17) is 4.74 Å². The third-order valence-corrected chi connectivity index (χ3v) is 4.97. The van der Waals surface area contributed by atoms with Crippen LogP contribution in [0.15, 0.2) is 42.5 Å². The highest BCUT2D eigenvalue weighted by atomic mass is 16.6. The second-order valence-corrected chi connectivity index (χ2v) is 6.52. The average Bonchev–Trinajstić information content (AvgIpc) is 2.61. The molecule has 3 aliphatic rings. The Morgan fingerprint density at radius 2 is 2.04 bits per heavy atom. The molecule has 0 radical (unpaired) electrons. The van der Waals surface area contributed by atoms with E-state index < -0.39 is 11.6 Å². The number of piperidine rings is 3. The summed E-state index contributed by atoms with van der Waals surface area (Å²) in [4.78, 5) is 15.1. The van der Waals surface area contributed by atoms with Crippen molar-refractivity contribution in [2.45, 2.75) is 37.9 Å². The fourth-order valence-electron chi connectivity index (χ4n) is 3.53. The lowest BCUT2D eigenvalue weighted by molar-refractivity contribution is -0.176. The van der Waals surface area contributed by atoms with E-state index in [2.05, 4.69) is 4.90 Å². The van der Waals surface area contributed by atoms with Crippen LogP contribution in [0.1, 0.15) is 31.7 Å². The van der Waals surface area contributed by atoms with Crippen molar-refractivity contribution in [3.63, 3.8) is 0 Å². The van der Waals surface area contributed by atoms with E-state index in [0.717, 1.165) is 38.9 Å². The first-order chi connectivity index (χ1) is 11.1. The summed E-state index contributed by atoms with van der Waals surface area (Å²) < 4.78 is 5.76. The molecule has 3 heterocycles. The molecule has 0 aliphatic carbocycles. The van der Waals surface area contributed by atoms with Crippen molar-refractivity contribution in [1.82, 2.24) is 4.90 Å². The van der Waals surface area contributed by atoms with E-state index in [0.29, 0.717) is 11.5 Å². The maximum atomic E-state index is 12.8. The molecule has 3 saturated heterocycles. The topological polar surface area (TPSA) is 49.8 Å². The van der Waals surface area contributed by atoms with Gasteiger partial charge in [0.15, 0.2) is 0 Å². The summed E-state index contributed by atoms with van der Waals surface area (Å²) in [6.45, 7) is 4.95. The fourth-order valence-corrected chi connectivity index (χ4v) is 3.53. The van der Waals surface area contributed by atoms with Crippen molar-refractivity contribution in [2.24, 2.45) is 5.92 Å². The summed E-state index contributed by atoms with van der Waals surface area (Å²) in [5.41, 5.74) is -1.15. The summed E-state index contributed by atoms with van der Waals surface area (Å²) in [5, 5.41) is 11.0. The number of hydrogen-bond donors (Lipinski definition) is 1. The number of esters is 1. The normalized spacial score (nSPS) is 29.4. The molecule has 2 bridgehead atoms. The molecule has 0 aromatic heterocycles. The van der Waals surface area contributed by atoms with Gasteiger partial charge in [0.05, 0.1) is 0 Å². The van der Waals surface area contributed by atoms with E-state index >= 15 is 0 Å². The monoisotopic (exact) mass is 315 g/mol. The summed E-state index contributed by atoms with van der Waals surface area (Å²) >= 11 is 0. The molecule has 0 spiro atoms. The second kappa shape index (κ2) is 6.85. The van der Waals surface area contributed by atoms with Gasteiger partial charge in [-0.05, 0) is 49.9 Å². The minimum absolute atomic E-state index is 0.102. The minimum Gasteiger partial charge on any atom is -0.458 e. The van der Waals surface area contributed by atoms with Crippen molar-refractivity contribution in [2.75, 3.05) is 19.6 Å². The number of hydrogen-bond acceptors (Lipinski definition) is 4. The Labute approximate surface area is 137 Å². The molecule has 23 heavy (non-hydrogen) atoms. The summed E-state index contributed by atoms with van der Waals surface area (Å²) in [7, 11) is 0. The number of ether oxygens (including phenoxy) is 1. The van der Waals surface area contributed by atoms with Gasteiger partial charge in [-0.25, -0.2) is 4.79 Å². The Morgan fingerprint density at radius 1 is 1.35 bits per heavy atom. The highest BCUT2D eigenvalue weighted by Gasteiger charge is 2.42. The molecular formula is C19H25NO3. The van der Waals surface area contributed by atoms with Gasteiger partial charge >= 0.3 is 5.97 Å². The number of carbonyl (C=O) groups is 1. The van der Waals surface area contributed by atoms with Crippen molar-refractivity contribution >= 4 is 5.97 Å². The number of benzene rings is 1. The molecule has 3 aliphatic heterocycles. The van der Waals surface area contributed by atoms with E-state index in [9.17, 15) is 9.90 Å². The van der Waals surface area contributed by atoms with Crippen LogP contribution in [0.3, 0.4) is 0 Å². The Bertz CT molecular complexity index is 563. The molecule has 4 heteroatoms. The van der Waals surface area contributed by atoms with Crippen LogP contribution in [0.4, 0.5) is 0 Å². The smallest absolute Gasteiger partial charge is 0.347 e. The van der Waals surface area contributed by atoms with E-state index in [1.165, 1.54) is 0 Å². The van der Waals surface area contributed by atoms with Crippen molar-refractivity contribution < 1.29 is 14.6 Å². The second-order valence-electron chi connectivity index (χ2n) is 6.52. The van der Waals surface area contributed by atoms with Gasteiger partial charge < -0.3 is 9.84 Å². The van der Waals surface area contributed by atoms with Crippen LogP contribution in [0.25, 0.3) is 0 Å². The standard InChI is InChI=1S/C19H25NO3/c1-2-3-11-19(22,16-7-5-4-6-8-16)18(21)23-17-14-20-12-9-15(17)10-13-20/h3-8,11,15,17,22H,2,9-10,12-14H2,1H3/b11-3+. The Morgan fingerprint density at radius 3 is 2.61 bits per heavy atom. The predicted molar refractivity (Wildman–Crippen MR) is 88.8 cm³/mol. The molecule has 4 nitrogen and oxygen atoms in total. The molecule has 0 amide bonds. The van der Waals surface area contributed by atoms with Crippen LogP contribution in [0.5, 0.6) is 0 Å². The third kappa shape index (κ3) is 3.33. The largest absolute Gasteiger partial charge is 0.458 e. The lowest BCUT2D eigenvalue weighted by Crippen LogP contribution is -2.53. The predicted octanol–water partition coefficient (Wildman–Crippen LogP) is 2.48. The number of nitrogens with zero attached hydrogens (tertiary/aromatic N) is 1. The lowest BCUT2D eigenvalue weighted by atomic mass is 9.85. The van der Waals surface area contributed by atoms with Crippen LogP contribution >= 0.6 is 0 Å². The zero-order chi connectivity index (χ0) is 16.3. The first-order valence-corrected chi connectivity index (χ1v) is 8.52. The quantitative estimate of drug-likeness (QED) is 0.670. The maximum absolute atomic E-state index is 12.8. The van der Waals surface area contributed by atoms with Gasteiger partial charge in [-0.3, -0.25) is 4.90 Å². The first-order valence-electron chi connectivity index (χ1n) is 8.52. The number of aliphatic hydroxyl groups is 1. The molecule has 2 atom stereocenters. The van der Waals surface area contributed by atoms with Gasteiger partial charge in [0.25, 0.3) is 0 Å². The number of rotatable bonds is 5. The number of allylic oxidation sites excluding steroid dienone is 1. The Hall–Kier alpha value is -1.65. The molecular weight excluding hydrogens is 290 g/mol. The zero-order valence-electron chi connectivity index (χ0n) is 13.6. The molecule has 0 saturated carbocycles. The Kier molecular flexibility index (Phi) is 4.83. The van der Waals surface area contributed by atoms with Gasteiger partial charge in [0.1, 0.15) is 6.10 Å². The lowest BCUT2D eigenvalue weighted by Gasteiger charge is -2.44. The molecule has 1 aromatic rings. The van der Waals surface area contributed by atoms with Crippen LogP contribution in [-0.4, -0.2) is 41.7 Å².